The summed E-state index contributed by atoms with van der Waals surface area (Å²) in [4.78, 5) is -0.242. The quantitative estimate of drug-likeness (QED) is 0.849. The fraction of sp³-hybridized carbons (Fsp3) is 0.400. The Bertz CT molecular complexity index is 482. The van der Waals surface area contributed by atoms with Crippen LogP contribution in [0, 0.1) is 0 Å². The first-order chi connectivity index (χ1) is 8.24. The van der Waals surface area contributed by atoms with Crippen LogP contribution in [0.15, 0.2) is 29.2 Å². The number of hydrogen-bond acceptors (Lipinski definition) is 3. The summed E-state index contributed by atoms with van der Waals surface area (Å²) in [6, 6.07) is 5.28. The van der Waals surface area contributed by atoms with Gasteiger partial charge in [0.15, 0.2) is 0 Å². The van der Waals surface area contributed by atoms with Crippen molar-refractivity contribution in [3.63, 3.8) is 0 Å². The van der Waals surface area contributed by atoms with Crippen LogP contribution in [0.2, 0.25) is 0 Å². The van der Waals surface area contributed by atoms with Crippen molar-refractivity contribution < 1.29 is 26.7 Å². The van der Waals surface area contributed by atoms with Crippen LogP contribution in [-0.4, -0.2) is 32.9 Å². The molecule has 0 unspecified atom stereocenters. The minimum absolute atomic E-state index is 0.0849. The molecule has 0 atom stereocenters. The first-order valence-corrected chi connectivity index (χ1v) is 6.49. The van der Waals surface area contributed by atoms with Crippen LogP contribution in [0.5, 0.6) is 0 Å². The minimum Gasteiger partial charge on any atom is -0.396 e. The molecule has 0 fully saturated rings. The Morgan fingerprint density at radius 3 is 2.17 bits per heavy atom. The summed E-state index contributed by atoms with van der Waals surface area (Å²) in [5.41, 5.74) is 0.701. The maximum Gasteiger partial charge on any atom is 0.402 e. The van der Waals surface area contributed by atoms with E-state index in [0.717, 1.165) is 0 Å². The molecule has 0 aliphatic heterocycles. The van der Waals surface area contributed by atoms with Crippen molar-refractivity contribution in [1.29, 1.82) is 0 Å². The van der Waals surface area contributed by atoms with Gasteiger partial charge in [0.1, 0.15) is 6.54 Å². The molecule has 1 rings (SSSR count). The molecule has 0 saturated carbocycles. The smallest absolute Gasteiger partial charge is 0.396 e. The van der Waals surface area contributed by atoms with E-state index in [9.17, 15) is 21.6 Å². The summed E-state index contributed by atoms with van der Waals surface area (Å²) in [5, 5.41) is 8.67. The topological polar surface area (TPSA) is 66.4 Å². The Kier molecular flexibility index (Phi) is 4.71. The fourth-order valence-corrected chi connectivity index (χ4v) is 2.24. The Morgan fingerprint density at radius 2 is 1.72 bits per heavy atom. The summed E-state index contributed by atoms with van der Waals surface area (Å²) in [7, 11) is -4.16. The Balaban J connectivity index is 2.79. The Morgan fingerprint density at radius 1 is 1.17 bits per heavy atom. The number of aliphatic hydroxyl groups excluding tert-OH is 1. The number of alkyl halides is 3. The van der Waals surface area contributed by atoms with Gasteiger partial charge in [-0.1, -0.05) is 12.1 Å². The highest BCUT2D eigenvalue weighted by molar-refractivity contribution is 7.89. The maximum absolute atomic E-state index is 11.9. The number of aliphatic hydroxyl groups is 1. The molecular weight excluding hydrogens is 271 g/mol. The van der Waals surface area contributed by atoms with Crippen LogP contribution in [0.1, 0.15) is 5.56 Å². The van der Waals surface area contributed by atoms with Crippen LogP contribution in [-0.2, 0) is 16.4 Å². The lowest BCUT2D eigenvalue weighted by Gasteiger charge is -2.09. The van der Waals surface area contributed by atoms with Gasteiger partial charge in [-0.15, -0.1) is 0 Å². The third-order valence-corrected chi connectivity index (χ3v) is 3.51. The molecule has 0 heterocycles. The Hall–Kier alpha value is -1.12. The van der Waals surface area contributed by atoms with Crippen LogP contribution in [0.25, 0.3) is 0 Å². The molecule has 2 N–H and O–H groups in total. The van der Waals surface area contributed by atoms with E-state index in [2.05, 4.69) is 0 Å². The number of halogens is 3. The summed E-state index contributed by atoms with van der Waals surface area (Å²) >= 11 is 0. The van der Waals surface area contributed by atoms with Crippen molar-refractivity contribution in [2.75, 3.05) is 13.2 Å². The molecule has 0 bridgehead atoms. The fourth-order valence-electron chi connectivity index (χ4n) is 1.22. The van der Waals surface area contributed by atoms with Crippen LogP contribution >= 0.6 is 0 Å². The molecule has 18 heavy (non-hydrogen) atoms. The van der Waals surface area contributed by atoms with E-state index in [1.807, 2.05) is 0 Å². The largest absolute Gasteiger partial charge is 0.402 e. The van der Waals surface area contributed by atoms with Crippen LogP contribution < -0.4 is 4.72 Å². The van der Waals surface area contributed by atoms with E-state index in [-0.39, 0.29) is 11.5 Å². The standard InChI is InChI=1S/C10H12F3NO3S/c11-10(12,13)7-14-18(16,17)9-3-1-8(2-4-9)5-6-15/h1-4,14-15H,5-7H2. The monoisotopic (exact) mass is 283 g/mol. The van der Waals surface area contributed by atoms with Gasteiger partial charge in [-0.05, 0) is 24.1 Å². The van der Waals surface area contributed by atoms with Gasteiger partial charge in [-0.25, -0.2) is 13.1 Å². The van der Waals surface area contributed by atoms with E-state index in [1.165, 1.54) is 29.0 Å². The van der Waals surface area contributed by atoms with Crippen molar-refractivity contribution >= 4 is 10.0 Å². The lowest BCUT2D eigenvalue weighted by Crippen LogP contribution is -2.33. The zero-order chi connectivity index (χ0) is 13.8. The van der Waals surface area contributed by atoms with E-state index in [0.29, 0.717) is 12.0 Å². The second kappa shape index (κ2) is 5.68. The van der Waals surface area contributed by atoms with Crippen molar-refractivity contribution in [1.82, 2.24) is 4.72 Å². The first-order valence-electron chi connectivity index (χ1n) is 5.01. The van der Waals surface area contributed by atoms with Gasteiger partial charge in [-0.2, -0.15) is 13.2 Å². The molecule has 1 aromatic carbocycles. The maximum atomic E-state index is 11.9. The lowest BCUT2D eigenvalue weighted by atomic mass is 10.2. The third kappa shape index (κ3) is 4.63. The molecule has 0 amide bonds. The zero-order valence-corrected chi connectivity index (χ0v) is 10.1. The molecule has 1 aromatic rings. The van der Waals surface area contributed by atoms with Gasteiger partial charge in [0.05, 0.1) is 4.90 Å². The van der Waals surface area contributed by atoms with Gasteiger partial charge < -0.3 is 5.11 Å². The SMILES string of the molecule is O=S(=O)(NCC(F)(F)F)c1ccc(CCO)cc1. The molecule has 0 aromatic heterocycles. The third-order valence-electron chi connectivity index (χ3n) is 2.10. The highest BCUT2D eigenvalue weighted by Crippen LogP contribution is 2.15. The molecule has 0 aliphatic rings. The molecule has 0 spiro atoms. The molecule has 4 nitrogen and oxygen atoms in total. The molecule has 0 saturated heterocycles. The average Bonchev–Trinajstić information content (AvgIpc) is 2.27. The molecule has 102 valence electrons. The second-order valence-corrected chi connectivity index (χ2v) is 5.32. The summed E-state index contributed by atoms with van der Waals surface area (Å²) in [6.07, 6.45) is -4.24. The highest BCUT2D eigenvalue weighted by atomic mass is 32.2. The number of nitrogens with one attached hydrogen (secondary N) is 1. The predicted molar refractivity (Wildman–Crippen MR) is 58.5 cm³/mol. The van der Waals surface area contributed by atoms with Gasteiger partial charge in [-0.3, -0.25) is 0 Å². The summed E-state index contributed by atoms with van der Waals surface area (Å²) < 4.78 is 60.2. The second-order valence-electron chi connectivity index (χ2n) is 3.56. The van der Waals surface area contributed by atoms with Crippen LogP contribution in [0.4, 0.5) is 13.2 Å². The lowest BCUT2D eigenvalue weighted by molar-refractivity contribution is -0.121. The van der Waals surface area contributed by atoms with Crippen LogP contribution in [0.3, 0.4) is 0 Å². The first kappa shape index (κ1) is 14.9. The minimum atomic E-state index is -4.59. The number of sulfonamides is 1. The molecule has 0 radical (unpaired) electrons. The van der Waals surface area contributed by atoms with Gasteiger partial charge in [0, 0.05) is 6.61 Å². The number of benzene rings is 1. The Labute approximate surface area is 102 Å². The summed E-state index contributed by atoms with van der Waals surface area (Å²) in [5.74, 6) is 0. The zero-order valence-electron chi connectivity index (χ0n) is 9.24. The molecule has 0 aliphatic carbocycles. The van der Waals surface area contributed by atoms with Gasteiger partial charge in [0.2, 0.25) is 10.0 Å². The molecular formula is C10H12F3NO3S. The van der Waals surface area contributed by atoms with E-state index < -0.39 is 22.7 Å². The van der Waals surface area contributed by atoms with Crippen molar-refractivity contribution in [2.45, 2.75) is 17.5 Å². The van der Waals surface area contributed by atoms with Gasteiger partial charge >= 0.3 is 6.18 Å². The molecule has 8 heteroatoms. The average molecular weight is 283 g/mol. The number of hydrogen-bond donors (Lipinski definition) is 2. The van der Waals surface area contributed by atoms with Crippen molar-refractivity contribution in [3.8, 4) is 0 Å². The number of rotatable bonds is 5. The normalized spacial score (nSPS) is 12.7. The van der Waals surface area contributed by atoms with E-state index in [4.69, 9.17) is 5.11 Å². The van der Waals surface area contributed by atoms with Crippen molar-refractivity contribution in [3.05, 3.63) is 29.8 Å². The summed E-state index contributed by atoms with van der Waals surface area (Å²) in [6.45, 7) is -1.69. The van der Waals surface area contributed by atoms with Gasteiger partial charge in [0.25, 0.3) is 0 Å². The highest BCUT2D eigenvalue weighted by Gasteiger charge is 2.29. The predicted octanol–water partition coefficient (Wildman–Crippen LogP) is 1.06. The van der Waals surface area contributed by atoms with E-state index >= 15 is 0 Å². The van der Waals surface area contributed by atoms with E-state index in [1.54, 1.807) is 0 Å². The van der Waals surface area contributed by atoms with Crippen molar-refractivity contribution in [2.24, 2.45) is 0 Å².